The van der Waals surface area contributed by atoms with Crippen molar-refractivity contribution in [3.8, 4) is 0 Å². The summed E-state index contributed by atoms with van der Waals surface area (Å²) in [6, 6.07) is 4.00. The summed E-state index contributed by atoms with van der Waals surface area (Å²) < 4.78 is 60.8. The zero-order valence-electron chi connectivity index (χ0n) is 20.6. The number of imidazole rings is 1. The van der Waals surface area contributed by atoms with E-state index in [4.69, 9.17) is 15.2 Å². The summed E-state index contributed by atoms with van der Waals surface area (Å²) in [5, 5.41) is 2.44. The summed E-state index contributed by atoms with van der Waals surface area (Å²) in [5.74, 6) is -3.05. The van der Waals surface area contributed by atoms with Gasteiger partial charge in [0.15, 0.2) is 5.54 Å². The third-order valence-corrected chi connectivity index (χ3v) is 7.50. The van der Waals surface area contributed by atoms with E-state index in [0.717, 1.165) is 0 Å². The molecular formula is C25H33F3N6O2. The largest absolute Gasteiger partial charge is 0.381 e. The smallest absolute Gasteiger partial charge is 0.313 e. The number of nitrogens with zero attached hydrogens (tertiary/aromatic N) is 4. The summed E-state index contributed by atoms with van der Waals surface area (Å²) >= 11 is 0. The van der Waals surface area contributed by atoms with Crippen molar-refractivity contribution in [2.75, 3.05) is 33.0 Å². The van der Waals surface area contributed by atoms with Crippen LogP contribution in [0.4, 0.5) is 13.2 Å². The van der Waals surface area contributed by atoms with Crippen LogP contribution in [0, 0.1) is 6.92 Å². The Labute approximate surface area is 208 Å². The lowest BCUT2D eigenvalue weighted by atomic mass is 9.77. The molecule has 0 bridgehead atoms. The van der Waals surface area contributed by atoms with E-state index >= 15 is 13.2 Å². The number of hydrogen-bond donors (Lipinski definition) is 2. The van der Waals surface area contributed by atoms with Crippen LogP contribution in [0.5, 0.6) is 0 Å². The Bertz CT molecular complexity index is 1120. The molecule has 3 N–H and O–H groups in total. The molecule has 8 nitrogen and oxygen atoms in total. The number of hydrogen-bond acceptors (Lipinski definition) is 7. The molecule has 2 saturated heterocycles. The molecule has 11 heteroatoms. The second kappa shape index (κ2) is 9.53. The van der Waals surface area contributed by atoms with Gasteiger partial charge >= 0.3 is 12.0 Å². The number of halogens is 3. The fraction of sp³-hybridized carbons (Fsp3) is 0.600. The SMILES string of the molecule is Cc1ncc(C2(c3ccccc3CN3CCOC[C@@H]3C)NC(N)(F)N=CC2(F)F)n1C1CCOCC1. The number of aromatic nitrogens is 2. The van der Waals surface area contributed by atoms with Gasteiger partial charge in [-0.25, -0.2) is 15.3 Å². The van der Waals surface area contributed by atoms with E-state index in [-0.39, 0.29) is 23.3 Å². The Kier molecular flexibility index (Phi) is 6.71. The zero-order valence-corrected chi connectivity index (χ0v) is 20.6. The molecule has 2 aromatic rings. The van der Waals surface area contributed by atoms with Crippen molar-refractivity contribution in [2.24, 2.45) is 10.7 Å². The van der Waals surface area contributed by atoms with Crippen molar-refractivity contribution in [3.05, 3.63) is 53.1 Å². The van der Waals surface area contributed by atoms with Gasteiger partial charge in [0, 0.05) is 38.4 Å². The monoisotopic (exact) mass is 506 g/mol. The maximum Gasteiger partial charge on any atom is 0.313 e. The highest BCUT2D eigenvalue weighted by Gasteiger charge is 2.63. The molecule has 3 aliphatic rings. The molecule has 0 saturated carbocycles. The topological polar surface area (TPSA) is 89.9 Å². The highest BCUT2D eigenvalue weighted by Crippen LogP contribution is 2.48. The van der Waals surface area contributed by atoms with E-state index in [2.05, 4.69) is 20.2 Å². The quantitative estimate of drug-likeness (QED) is 0.607. The Hall–Kier alpha value is -2.31. The summed E-state index contributed by atoms with van der Waals surface area (Å²) in [5.41, 5.74) is 4.44. The van der Waals surface area contributed by atoms with E-state index in [0.29, 0.717) is 70.0 Å². The molecule has 3 aliphatic heterocycles. The predicted octanol–water partition coefficient (Wildman–Crippen LogP) is 2.86. The first kappa shape index (κ1) is 25.3. The Morgan fingerprint density at radius 2 is 1.89 bits per heavy atom. The molecule has 0 amide bonds. The number of aryl methyl sites for hydroxylation is 1. The Morgan fingerprint density at radius 1 is 1.14 bits per heavy atom. The number of nitrogens with one attached hydrogen (secondary N) is 1. The van der Waals surface area contributed by atoms with E-state index < -0.39 is 17.5 Å². The second-order valence-corrected chi connectivity index (χ2v) is 9.89. The number of benzene rings is 1. The van der Waals surface area contributed by atoms with E-state index in [1.165, 1.54) is 6.20 Å². The van der Waals surface area contributed by atoms with Crippen molar-refractivity contribution < 1.29 is 22.6 Å². The molecule has 0 aliphatic carbocycles. The van der Waals surface area contributed by atoms with Crippen LogP contribution in [0.3, 0.4) is 0 Å². The number of alkyl halides is 3. The minimum Gasteiger partial charge on any atom is -0.381 e. The van der Waals surface area contributed by atoms with Gasteiger partial charge in [-0.2, -0.15) is 13.2 Å². The minimum atomic E-state index is -3.62. The van der Waals surface area contributed by atoms with Crippen LogP contribution in [-0.2, 0) is 21.6 Å². The van der Waals surface area contributed by atoms with Crippen molar-refractivity contribution >= 4 is 6.21 Å². The lowest BCUT2D eigenvalue weighted by Crippen LogP contribution is -2.70. The highest BCUT2D eigenvalue weighted by molar-refractivity contribution is 5.74. The second-order valence-electron chi connectivity index (χ2n) is 9.89. The van der Waals surface area contributed by atoms with Crippen molar-refractivity contribution in [2.45, 2.75) is 62.8 Å². The van der Waals surface area contributed by atoms with Crippen molar-refractivity contribution in [1.82, 2.24) is 19.8 Å². The first-order chi connectivity index (χ1) is 17.1. The molecule has 0 radical (unpaired) electrons. The first-order valence-electron chi connectivity index (χ1n) is 12.4. The molecule has 36 heavy (non-hydrogen) atoms. The Balaban J connectivity index is 1.71. The van der Waals surface area contributed by atoms with Gasteiger partial charge in [0.1, 0.15) is 5.82 Å². The van der Waals surface area contributed by atoms with E-state index in [1.807, 2.05) is 6.92 Å². The summed E-state index contributed by atoms with van der Waals surface area (Å²) in [7, 11) is 0. The van der Waals surface area contributed by atoms with Crippen LogP contribution in [0.15, 0.2) is 35.5 Å². The lowest BCUT2D eigenvalue weighted by Gasteiger charge is -2.47. The Morgan fingerprint density at radius 3 is 2.64 bits per heavy atom. The molecule has 4 heterocycles. The van der Waals surface area contributed by atoms with Gasteiger partial charge in [-0.1, -0.05) is 24.3 Å². The average Bonchev–Trinajstić information content (AvgIpc) is 3.25. The van der Waals surface area contributed by atoms with Gasteiger partial charge in [-0.3, -0.25) is 10.6 Å². The molecular weight excluding hydrogens is 473 g/mol. The highest BCUT2D eigenvalue weighted by atomic mass is 19.3. The van der Waals surface area contributed by atoms with Crippen LogP contribution in [0.25, 0.3) is 0 Å². The van der Waals surface area contributed by atoms with Gasteiger partial charge in [0.25, 0.3) is 0 Å². The number of aliphatic imine (C=N–C) groups is 1. The van der Waals surface area contributed by atoms with Gasteiger partial charge < -0.3 is 14.0 Å². The van der Waals surface area contributed by atoms with E-state index in [9.17, 15) is 0 Å². The summed E-state index contributed by atoms with van der Waals surface area (Å²) in [4.78, 5) is 9.92. The maximum absolute atomic E-state index is 16.3. The van der Waals surface area contributed by atoms with E-state index in [1.54, 1.807) is 35.8 Å². The number of rotatable bonds is 5. The van der Waals surface area contributed by atoms with Crippen molar-refractivity contribution in [3.63, 3.8) is 0 Å². The molecule has 1 aromatic heterocycles. The van der Waals surface area contributed by atoms with Crippen LogP contribution in [-0.4, -0.2) is 71.6 Å². The first-order valence-corrected chi connectivity index (χ1v) is 12.4. The van der Waals surface area contributed by atoms with Crippen LogP contribution in [0.2, 0.25) is 0 Å². The molecule has 2 unspecified atom stereocenters. The number of ether oxygens (including phenoxy) is 2. The van der Waals surface area contributed by atoms with Gasteiger partial charge in [-0.05, 0) is 37.8 Å². The normalized spacial score (nSPS) is 31.6. The third kappa shape index (κ3) is 4.37. The minimum absolute atomic E-state index is 0.105. The lowest BCUT2D eigenvalue weighted by molar-refractivity contribution is -0.0655. The summed E-state index contributed by atoms with van der Waals surface area (Å²) in [6.07, 6.45) is 3.02. The fourth-order valence-electron chi connectivity index (χ4n) is 5.64. The number of morpholine rings is 1. The number of nitrogens with two attached hydrogens (primary N) is 1. The van der Waals surface area contributed by atoms with Gasteiger partial charge in [-0.15, -0.1) is 0 Å². The molecule has 2 fully saturated rings. The van der Waals surface area contributed by atoms with Gasteiger partial charge in [0.2, 0.25) is 0 Å². The summed E-state index contributed by atoms with van der Waals surface area (Å²) in [6.45, 7) is 7.00. The molecule has 196 valence electrons. The predicted molar refractivity (Wildman–Crippen MR) is 129 cm³/mol. The molecule has 3 atom stereocenters. The standard InChI is InChI=1S/C25H33F3N6O2/c1-17-15-36-12-9-33(17)14-19-5-3-4-6-21(19)24(23(26,27)16-31-25(28,29)32-24)22-13-30-18(2)34(22)20-7-10-35-11-8-20/h3-6,13,16-17,20,32H,7-12,14-15,29H2,1-2H3/t17-,24?,25?/m0/s1. The van der Waals surface area contributed by atoms with Crippen molar-refractivity contribution in [1.29, 1.82) is 0 Å². The average molecular weight is 507 g/mol. The third-order valence-electron chi connectivity index (χ3n) is 7.50. The van der Waals surface area contributed by atoms with Crippen LogP contribution in [0.1, 0.15) is 48.5 Å². The van der Waals surface area contributed by atoms with Crippen LogP contribution >= 0.6 is 0 Å². The fourth-order valence-corrected chi connectivity index (χ4v) is 5.64. The molecule has 1 aromatic carbocycles. The molecule has 0 spiro atoms. The molecule has 5 rings (SSSR count). The zero-order chi connectivity index (χ0) is 25.6. The van der Waals surface area contributed by atoms with Crippen LogP contribution < -0.4 is 11.1 Å². The maximum atomic E-state index is 16.3. The van der Waals surface area contributed by atoms with Gasteiger partial charge in [0.05, 0.1) is 31.3 Å².